The molecule has 0 saturated heterocycles. The van der Waals surface area contributed by atoms with E-state index in [9.17, 15) is 19.2 Å². The lowest BCUT2D eigenvalue weighted by Gasteiger charge is -2.14. The summed E-state index contributed by atoms with van der Waals surface area (Å²) in [6.45, 7) is 1.39. The van der Waals surface area contributed by atoms with Crippen LogP contribution >= 0.6 is 0 Å². The molecule has 2 aromatic heterocycles. The first kappa shape index (κ1) is 21.8. The van der Waals surface area contributed by atoms with E-state index in [0.29, 0.717) is 5.75 Å². The highest BCUT2D eigenvalue weighted by Crippen LogP contribution is 2.11. The van der Waals surface area contributed by atoms with Gasteiger partial charge in [0.2, 0.25) is 0 Å². The Morgan fingerprint density at radius 2 is 1.81 bits per heavy atom. The maximum atomic E-state index is 12.4. The number of esters is 1. The summed E-state index contributed by atoms with van der Waals surface area (Å²) in [7, 11) is 4.39. The lowest BCUT2D eigenvalue weighted by atomic mass is 10.2. The van der Waals surface area contributed by atoms with Gasteiger partial charge in [0.1, 0.15) is 12.3 Å². The fourth-order valence-electron chi connectivity index (χ4n) is 3.02. The Morgan fingerprint density at radius 1 is 1.13 bits per heavy atom. The predicted octanol–water partition coefficient (Wildman–Crippen LogP) is -0.310. The molecular weight excluding hydrogens is 406 g/mol. The van der Waals surface area contributed by atoms with Crippen molar-refractivity contribution >= 4 is 23.0 Å². The predicted molar refractivity (Wildman–Crippen MR) is 111 cm³/mol. The fraction of sp³-hybridized carbons (Fsp3) is 0.350. The van der Waals surface area contributed by atoms with Gasteiger partial charge in [0.05, 0.1) is 13.4 Å². The van der Waals surface area contributed by atoms with Crippen LogP contribution in [0.1, 0.15) is 12.5 Å². The first-order chi connectivity index (χ1) is 14.7. The third-order valence-electron chi connectivity index (χ3n) is 4.82. The van der Waals surface area contributed by atoms with E-state index in [2.05, 4.69) is 10.3 Å². The van der Waals surface area contributed by atoms with Crippen molar-refractivity contribution in [3.05, 3.63) is 57.0 Å². The molecule has 1 N–H and O–H groups in total. The molecule has 0 aliphatic rings. The van der Waals surface area contributed by atoms with Gasteiger partial charge in [0.15, 0.2) is 17.3 Å². The molecule has 3 rings (SSSR count). The van der Waals surface area contributed by atoms with Crippen LogP contribution in [0.2, 0.25) is 0 Å². The van der Waals surface area contributed by atoms with Crippen LogP contribution in [0, 0.1) is 0 Å². The van der Waals surface area contributed by atoms with Crippen LogP contribution in [-0.4, -0.2) is 43.8 Å². The van der Waals surface area contributed by atoms with Crippen molar-refractivity contribution in [2.24, 2.45) is 14.1 Å². The maximum absolute atomic E-state index is 12.4. The number of hydrogen-bond donors (Lipinski definition) is 1. The molecular formula is C20H23N5O6. The zero-order chi connectivity index (χ0) is 22.7. The van der Waals surface area contributed by atoms with Gasteiger partial charge in [-0.3, -0.25) is 23.5 Å². The van der Waals surface area contributed by atoms with E-state index >= 15 is 0 Å². The first-order valence-electron chi connectivity index (χ1n) is 9.44. The van der Waals surface area contributed by atoms with Gasteiger partial charge in [0, 0.05) is 20.6 Å². The quantitative estimate of drug-likeness (QED) is 0.511. The lowest BCUT2D eigenvalue weighted by molar-refractivity contribution is -0.155. The van der Waals surface area contributed by atoms with Crippen LogP contribution in [0.25, 0.3) is 11.2 Å². The van der Waals surface area contributed by atoms with E-state index in [4.69, 9.17) is 9.47 Å². The maximum Gasteiger partial charge on any atom is 0.332 e. The molecule has 3 aromatic rings. The third kappa shape index (κ3) is 4.49. The normalized spacial score (nSPS) is 11.9. The highest BCUT2D eigenvalue weighted by Gasteiger charge is 2.20. The number of nitrogens with zero attached hydrogens (tertiary/aromatic N) is 4. The summed E-state index contributed by atoms with van der Waals surface area (Å²) in [5.41, 5.74) is 0.0181. The molecule has 0 fully saturated rings. The molecule has 0 saturated carbocycles. The molecule has 0 spiro atoms. The summed E-state index contributed by atoms with van der Waals surface area (Å²) in [6, 6.07) is 7.18. The number of nitrogens with one attached hydrogen (secondary N) is 1. The molecule has 0 aliphatic carbocycles. The average Bonchev–Trinajstić information content (AvgIpc) is 3.18. The number of carbonyl (C=O) groups excluding carboxylic acids is 2. The number of aromatic nitrogens is 4. The number of rotatable bonds is 7. The van der Waals surface area contributed by atoms with Crippen LogP contribution in [0.5, 0.6) is 5.75 Å². The molecule has 11 heteroatoms. The monoisotopic (exact) mass is 429 g/mol. The van der Waals surface area contributed by atoms with E-state index < -0.39 is 29.2 Å². The van der Waals surface area contributed by atoms with Crippen molar-refractivity contribution < 1.29 is 19.1 Å². The van der Waals surface area contributed by atoms with Gasteiger partial charge < -0.3 is 19.4 Å². The lowest BCUT2D eigenvalue weighted by Crippen LogP contribution is -2.38. The first-order valence-corrected chi connectivity index (χ1v) is 9.44. The van der Waals surface area contributed by atoms with Gasteiger partial charge in [-0.2, -0.15) is 0 Å². The minimum Gasteiger partial charge on any atom is -0.497 e. The Balaban J connectivity index is 1.63. The van der Waals surface area contributed by atoms with E-state index in [1.807, 2.05) is 12.1 Å². The number of imidazole rings is 1. The fourth-order valence-corrected chi connectivity index (χ4v) is 3.02. The van der Waals surface area contributed by atoms with Gasteiger partial charge in [-0.1, -0.05) is 12.1 Å². The molecule has 1 aromatic carbocycles. The van der Waals surface area contributed by atoms with E-state index in [1.165, 1.54) is 36.5 Å². The summed E-state index contributed by atoms with van der Waals surface area (Å²) in [4.78, 5) is 53.0. The van der Waals surface area contributed by atoms with Gasteiger partial charge in [-0.15, -0.1) is 0 Å². The van der Waals surface area contributed by atoms with Crippen LogP contribution < -0.4 is 21.3 Å². The molecule has 11 nitrogen and oxygen atoms in total. The second-order valence-electron chi connectivity index (χ2n) is 6.95. The van der Waals surface area contributed by atoms with Crippen LogP contribution in [0.15, 0.2) is 40.2 Å². The van der Waals surface area contributed by atoms with Crippen LogP contribution in [-0.2, 0) is 41.5 Å². The summed E-state index contributed by atoms with van der Waals surface area (Å²) < 4.78 is 13.7. The molecule has 1 amide bonds. The number of aryl methyl sites for hydroxylation is 1. The van der Waals surface area contributed by atoms with Gasteiger partial charge in [-0.25, -0.2) is 9.78 Å². The Bertz CT molecular complexity index is 1240. The smallest absolute Gasteiger partial charge is 0.332 e. The second-order valence-corrected chi connectivity index (χ2v) is 6.95. The number of methoxy groups -OCH3 is 1. The molecule has 0 unspecified atom stereocenters. The van der Waals surface area contributed by atoms with Crippen LogP contribution in [0.4, 0.5) is 0 Å². The topological polar surface area (TPSA) is 126 Å². The Labute approximate surface area is 176 Å². The SMILES string of the molecule is COc1ccc(CNC(=O)[C@H](C)OC(=O)Cn2cnc3c2c(=O)n(C)c(=O)n3C)cc1. The molecule has 2 heterocycles. The third-order valence-corrected chi connectivity index (χ3v) is 4.82. The second kappa shape index (κ2) is 8.86. The van der Waals surface area contributed by atoms with Crippen molar-refractivity contribution in [2.75, 3.05) is 7.11 Å². The Kier molecular flexibility index (Phi) is 6.23. The van der Waals surface area contributed by atoms with Crippen molar-refractivity contribution in [1.82, 2.24) is 24.0 Å². The molecule has 164 valence electrons. The van der Waals surface area contributed by atoms with E-state index in [0.717, 1.165) is 10.1 Å². The molecule has 31 heavy (non-hydrogen) atoms. The minimum absolute atomic E-state index is 0.0955. The van der Waals surface area contributed by atoms with Gasteiger partial charge in [0.25, 0.3) is 11.5 Å². The van der Waals surface area contributed by atoms with Gasteiger partial charge >= 0.3 is 11.7 Å². The Morgan fingerprint density at radius 3 is 2.45 bits per heavy atom. The van der Waals surface area contributed by atoms with Crippen LogP contribution in [0.3, 0.4) is 0 Å². The molecule has 1 atom stereocenters. The van der Waals surface area contributed by atoms with Crippen molar-refractivity contribution in [1.29, 1.82) is 0 Å². The zero-order valence-corrected chi connectivity index (χ0v) is 17.6. The number of benzene rings is 1. The number of ether oxygens (including phenoxy) is 2. The van der Waals surface area contributed by atoms with E-state index in [-0.39, 0.29) is 24.3 Å². The van der Waals surface area contributed by atoms with Crippen molar-refractivity contribution in [3.63, 3.8) is 0 Å². The van der Waals surface area contributed by atoms with E-state index in [1.54, 1.807) is 19.2 Å². The minimum atomic E-state index is -1.03. The summed E-state index contributed by atoms with van der Waals surface area (Å²) in [6.07, 6.45) is 0.244. The highest BCUT2D eigenvalue weighted by atomic mass is 16.5. The van der Waals surface area contributed by atoms with Crippen molar-refractivity contribution in [2.45, 2.75) is 26.1 Å². The number of carbonyl (C=O) groups is 2. The average molecular weight is 429 g/mol. The largest absolute Gasteiger partial charge is 0.497 e. The molecule has 0 aliphatic heterocycles. The van der Waals surface area contributed by atoms with Gasteiger partial charge in [-0.05, 0) is 24.6 Å². The summed E-state index contributed by atoms with van der Waals surface area (Å²) >= 11 is 0. The highest BCUT2D eigenvalue weighted by molar-refractivity contribution is 5.83. The summed E-state index contributed by atoms with van der Waals surface area (Å²) in [5.74, 6) is -0.473. The number of amides is 1. The zero-order valence-electron chi connectivity index (χ0n) is 17.6. The number of hydrogen-bond acceptors (Lipinski definition) is 7. The molecule has 0 radical (unpaired) electrons. The summed E-state index contributed by atoms with van der Waals surface area (Å²) in [5, 5.41) is 2.69. The standard InChI is InChI=1S/C20H23N5O6/c1-12(18(27)21-9-13-5-7-14(30-4)8-6-13)31-15(26)10-25-11-22-17-16(25)19(28)24(3)20(29)23(17)2/h5-8,11-12H,9-10H2,1-4H3,(H,21,27)/t12-/m0/s1. The Hall–Kier alpha value is -3.89. The van der Waals surface area contributed by atoms with Crippen molar-refractivity contribution in [3.8, 4) is 5.75 Å². The molecule has 0 bridgehead atoms. The number of fused-ring (bicyclic) bond motifs is 1.